The summed E-state index contributed by atoms with van der Waals surface area (Å²) in [5, 5.41) is 4.88. The molecular weight excluding hydrogens is 258 g/mol. The zero-order valence-corrected chi connectivity index (χ0v) is 12.3. The maximum atomic E-state index is 5.97. The maximum absolute atomic E-state index is 5.97. The van der Waals surface area contributed by atoms with Crippen molar-refractivity contribution in [3.63, 3.8) is 0 Å². The van der Waals surface area contributed by atoms with Gasteiger partial charge in [0.15, 0.2) is 0 Å². The van der Waals surface area contributed by atoms with E-state index in [0.717, 1.165) is 11.2 Å². The smallest absolute Gasteiger partial charge is 0.0626 e. The predicted octanol–water partition coefficient (Wildman–Crippen LogP) is 4.19. The predicted molar refractivity (Wildman–Crippen MR) is 88.5 cm³/mol. The summed E-state index contributed by atoms with van der Waals surface area (Å²) in [4.78, 5) is 3.36. The first-order valence-electron chi connectivity index (χ1n) is 7.30. The van der Waals surface area contributed by atoms with Crippen molar-refractivity contribution in [1.82, 2.24) is 4.98 Å². The van der Waals surface area contributed by atoms with Gasteiger partial charge < -0.3 is 16.0 Å². The summed E-state index contributed by atoms with van der Waals surface area (Å²) in [6.07, 6.45) is 2.11. The summed E-state index contributed by atoms with van der Waals surface area (Å²) in [6, 6.07) is 14.8. The molecule has 0 bridgehead atoms. The first kappa shape index (κ1) is 12.3. The molecule has 1 aliphatic rings. The molecule has 0 fully saturated rings. The highest BCUT2D eigenvalue weighted by atomic mass is 15.0. The van der Waals surface area contributed by atoms with Crippen molar-refractivity contribution >= 4 is 22.3 Å². The Morgan fingerprint density at radius 2 is 1.90 bits per heavy atom. The molecule has 1 atom stereocenters. The molecule has 21 heavy (non-hydrogen) atoms. The van der Waals surface area contributed by atoms with Gasteiger partial charge in [-0.05, 0) is 29.8 Å². The highest BCUT2D eigenvalue weighted by molar-refractivity contribution is 5.87. The minimum atomic E-state index is 0.0380. The number of anilines is 2. The van der Waals surface area contributed by atoms with Gasteiger partial charge in [-0.25, -0.2) is 0 Å². The number of benzene rings is 2. The van der Waals surface area contributed by atoms with Crippen LogP contribution in [0.25, 0.3) is 10.9 Å². The molecule has 0 spiro atoms. The minimum Gasteiger partial charge on any atom is -0.399 e. The number of hydrogen-bond acceptors (Lipinski definition) is 2. The van der Waals surface area contributed by atoms with Crippen LogP contribution in [0, 0.1) is 0 Å². The first-order chi connectivity index (χ1) is 10.1. The second kappa shape index (κ2) is 4.04. The number of para-hydroxylation sites is 1. The van der Waals surface area contributed by atoms with Gasteiger partial charge in [0.1, 0.15) is 0 Å². The van der Waals surface area contributed by atoms with Crippen LogP contribution in [0.5, 0.6) is 0 Å². The number of nitrogen functional groups attached to an aromatic ring is 1. The Bertz CT molecular complexity index is 829. The first-order valence-corrected chi connectivity index (χ1v) is 7.30. The van der Waals surface area contributed by atoms with Crippen LogP contribution in [-0.2, 0) is 5.41 Å². The van der Waals surface area contributed by atoms with Crippen molar-refractivity contribution in [3.8, 4) is 0 Å². The van der Waals surface area contributed by atoms with Crippen LogP contribution in [0.1, 0.15) is 31.0 Å². The zero-order chi connectivity index (χ0) is 14.6. The lowest BCUT2D eigenvalue weighted by Crippen LogP contribution is -2.25. The van der Waals surface area contributed by atoms with Gasteiger partial charge in [0.2, 0.25) is 0 Å². The molecule has 0 saturated carbocycles. The molecule has 0 amide bonds. The van der Waals surface area contributed by atoms with Crippen LogP contribution in [0.4, 0.5) is 11.4 Å². The number of nitrogens with two attached hydrogens (primary N) is 1. The third kappa shape index (κ3) is 1.67. The summed E-state index contributed by atoms with van der Waals surface area (Å²) >= 11 is 0. The van der Waals surface area contributed by atoms with Crippen molar-refractivity contribution in [2.45, 2.75) is 25.3 Å². The van der Waals surface area contributed by atoms with Crippen LogP contribution >= 0.6 is 0 Å². The van der Waals surface area contributed by atoms with E-state index in [4.69, 9.17) is 5.73 Å². The highest BCUT2D eigenvalue weighted by Gasteiger charge is 2.40. The summed E-state index contributed by atoms with van der Waals surface area (Å²) in [6.45, 7) is 4.59. The van der Waals surface area contributed by atoms with Gasteiger partial charge in [0.25, 0.3) is 0 Å². The Morgan fingerprint density at radius 3 is 2.71 bits per heavy atom. The van der Waals surface area contributed by atoms with E-state index in [1.165, 1.54) is 22.2 Å². The van der Waals surface area contributed by atoms with E-state index in [1.807, 2.05) is 12.1 Å². The lowest BCUT2D eigenvalue weighted by molar-refractivity contribution is 0.476. The van der Waals surface area contributed by atoms with E-state index in [2.05, 4.69) is 60.7 Å². The molecule has 0 saturated heterocycles. The van der Waals surface area contributed by atoms with Gasteiger partial charge >= 0.3 is 0 Å². The summed E-state index contributed by atoms with van der Waals surface area (Å²) in [5.74, 6) is 0. The van der Waals surface area contributed by atoms with Gasteiger partial charge in [0, 0.05) is 39.5 Å². The lowest BCUT2D eigenvalue weighted by atomic mass is 9.78. The monoisotopic (exact) mass is 277 g/mol. The standard InChI is InChI=1S/C18H19N3/c1-18(2)14-5-3-4-6-16(14)21-17(18)13-10-20-15-8-7-11(19)9-12(13)15/h3-10,17,20-21H,19H2,1-2H3. The number of nitrogens with one attached hydrogen (secondary N) is 2. The zero-order valence-electron chi connectivity index (χ0n) is 12.3. The fraction of sp³-hybridized carbons (Fsp3) is 0.222. The van der Waals surface area contributed by atoms with E-state index in [0.29, 0.717) is 0 Å². The summed E-state index contributed by atoms with van der Waals surface area (Å²) in [5.41, 5.74) is 11.8. The number of hydrogen-bond donors (Lipinski definition) is 3. The Balaban J connectivity index is 1.89. The van der Waals surface area contributed by atoms with Crippen molar-refractivity contribution in [2.24, 2.45) is 0 Å². The van der Waals surface area contributed by atoms with Crippen LogP contribution < -0.4 is 11.1 Å². The fourth-order valence-corrected chi connectivity index (χ4v) is 3.53. The largest absolute Gasteiger partial charge is 0.399 e. The van der Waals surface area contributed by atoms with Crippen molar-refractivity contribution < 1.29 is 0 Å². The molecule has 106 valence electrons. The van der Waals surface area contributed by atoms with E-state index in [-0.39, 0.29) is 11.5 Å². The molecular formula is C18H19N3. The third-order valence-corrected chi connectivity index (χ3v) is 4.69. The van der Waals surface area contributed by atoms with Crippen molar-refractivity contribution in [3.05, 3.63) is 59.8 Å². The van der Waals surface area contributed by atoms with E-state index in [1.54, 1.807) is 0 Å². The van der Waals surface area contributed by atoms with Gasteiger partial charge in [-0.15, -0.1) is 0 Å². The molecule has 3 aromatic rings. The van der Waals surface area contributed by atoms with Crippen LogP contribution in [0.2, 0.25) is 0 Å². The lowest BCUT2D eigenvalue weighted by Gasteiger charge is -2.27. The second-order valence-corrected chi connectivity index (χ2v) is 6.39. The Labute approximate surface area is 124 Å². The molecule has 1 aromatic heterocycles. The minimum absolute atomic E-state index is 0.0380. The Morgan fingerprint density at radius 1 is 1.10 bits per heavy atom. The molecule has 2 aromatic carbocycles. The molecule has 3 heteroatoms. The van der Waals surface area contributed by atoms with E-state index in [9.17, 15) is 0 Å². The Hall–Kier alpha value is -2.42. The summed E-state index contributed by atoms with van der Waals surface area (Å²) < 4.78 is 0. The maximum Gasteiger partial charge on any atom is 0.0626 e. The van der Waals surface area contributed by atoms with Crippen LogP contribution in [-0.4, -0.2) is 4.98 Å². The average Bonchev–Trinajstić information content (AvgIpc) is 2.98. The highest BCUT2D eigenvalue weighted by Crippen LogP contribution is 2.49. The normalized spacial score (nSPS) is 19.4. The van der Waals surface area contributed by atoms with Gasteiger partial charge in [-0.1, -0.05) is 32.0 Å². The van der Waals surface area contributed by atoms with Gasteiger partial charge in [-0.2, -0.15) is 0 Å². The molecule has 4 N–H and O–H groups in total. The topological polar surface area (TPSA) is 53.8 Å². The number of aromatic nitrogens is 1. The third-order valence-electron chi connectivity index (χ3n) is 4.69. The van der Waals surface area contributed by atoms with Crippen molar-refractivity contribution in [1.29, 1.82) is 0 Å². The van der Waals surface area contributed by atoms with Gasteiger partial charge in [-0.3, -0.25) is 0 Å². The second-order valence-electron chi connectivity index (χ2n) is 6.39. The average molecular weight is 277 g/mol. The number of aromatic amines is 1. The Kier molecular flexibility index (Phi) is 2.37. The quantitative estimate of drug-likeness (QED) is 0.584. The molecule has 0 aliphatic carbocycles. The van der Waals surface area contributed by atoms with E-state index >= 15 is 0 Å². The molecule has 3 nitrogen and oxygen atoms in total. The SMILES string of the molecule is CC1(C)c2ccccc2NC1c1c[nH]c2ccc(N)cc12. The van der Waals surface area contributed by atoms with E-state index < -0.39 is 0 Å². The molecule has 2 heterocycles. The van der Waals surface area contributed by atoms with Crippen LogP contribution in [0.3, 0.4) is 0 Å². The fourth-order valence-electron chi connectivity index (χ4n) is 3.53. The van der Waals surface area contributed by atoms with Crippen LogP contribution in [0.15, 0.2) is 48.7 Å². The molecule has 4 rings (SSSR count). The molecule has 0 radical (unpaired) electrons. The van der Waals surface area contributed by atoms with Gasteiger partial charge in [0.05, 0.1) is 6.04 Å². The number of fused-ring (bicyclic) bond motifs is 2. The molecule has 1 aliphatic heterocycles. The van der Waals surface area contributed by atoms with Crippen molar-refractivity contribution in [2.75, 3.05) is 11.1 Å². The number of H-pyrrole nitrogens is 1. The summed E-state index contributed by atoms with van der Waals surface area (Å²) in [7, 11) is 0. The molecule has 1 unspecified atom stereocenters. The number of rotatable bonds is 1.